The van der Waals surface area contributed by atoms with E-state index in [0.29, 0.717) is 5.02 Å². The van der Waals surface area contributed by atoms with Gasteiger partial charge in [-0.2, -0.15) is 0 Å². The molecular weight excluding hydrogens is 370 g/mol. The molecule has 0 amide bonds. The molecule has 2 aromatic carbocycles. The van der Waals surface area contributed by atoms with Crippen molar-refractivity contribution in [3.63, 3.8) is 0 Å². The lowest BCUT2D eigenvalue weighted by atomic mass is 10.0. The van der Waals surface area contributed by atoms with Crippen LogP contribution < -0.4 is 0 Å². The summed E-state index contributed by atoms with van der Waals surface area (Å²) in [6.07, 6.45) is 0. The van der Waals surface area contributed by atoms with Crippen LogP contribution in [0.5, 0.6) is 0 Å². The Labute approximate surface area is 121 Å². The Kier molecular flexibility index (Phi) is 4.23. The molecule has 0 spiro atoms. The molecule has 1 unspecified atom stereocenters. The molecular formula is C13H8Br2ClF. The maximum absolute atomic E-state index is 13.0. The Hall–Kier alpha value is -0.380. The summed E-state index contributed by atoms with van der Waals surface area (Å²) in [6.45, 7) is 0. The first kappa shape index (κ1) is 13.1. The molecule has 0 saturated carbocycles. The third-order valence-electron chi connectivity index (χ3n) is 2.40. The van der Waals surface area contributed by atoms with Crippen molar-refractivity contribution in [1.82, 2.24) is 0 Å². The summed E-state index contributed by atoms with van der Waals surface area (Å²) >= 11 is 13.0. The molecule has 0 radical (unpaired) electrons. The van der Waals surface area contributed by atoms with Crippen LogP contribution >= 0.6 is 43.5 Å². The molecule has 4 heteroatoms. The average Bonchev–Trinajstić information content (AvgIpc) is 2.29. The zero-order valence-corrected chi connectivity index (χ0v) is 12.6. The maximum Gasteiger partial charge on any atom is 0.124 e. The highest BCUT2D eigenvalue weighted by atomic mass is 79.9. The van der Waals surface area contributed by atoms with Gasteiger partial charge in [-0.15, -0.1) is 0 Å². The van der Waals surface area contributed by atoms with E-state index in [1.54, 1.807) is 6.07 Å². The van der Waals surface area contributed by atoms with E-state index in [1.807, 2.05) is 24.3 Å². The number of rotatable bonds is 2. The summed E-state index contributed by atoms with van der Waals surface area (Å²) in [4.78, 5) is -0.0382. The molecule has 0 aliphatic rings. The van der Waals surface area contributed by atoms with Crippen molar-refractivity contribution < 1.29 is 4.39 Å². The standard InChI is InChI=1S/C13H8Br2ClF/c14-9-3-1-8(2-4-9)13(15)11-6-5-10(17)7-12(11)16/h1-7,13H. The fourth-order valence-corrected chi connectivity index (χ4v) is 2.90. The monoisotopic (exact) mass is 376 g/mol. The van der Waals surface area contributed by atoms with Gasteiger partial charge >= 0.3 is 0 Å². The molecule has 0 aliphatic carbocycles. The minimum atomic E-state index is -0.325. The van der Waals surface area contributed by atoms with Crippen LogP contribution in [0.2, 0.25) is 5.02 Å². The summed E-state index contributed by atoms with van der Waals surface area (Å²) in [6, 6.07) is 12.3. The van der Waals surface area contributed by atoms with Crippen molar-refractivity contribution in [1.29, 1.82) is 0 Å². The average molecular weight is 378 g/mol. The van der Waals surface area contributed by atoms with E-state index in [1.165, 1.54) is 12.1 Å². The third kappa shape index (κ3) is 3.09. The van der Waals surface area contributed by atoms with Gasteiger partial charge in [-0.05, 0) is 35.4 Å². The predicted octanol–water partition coefficient (Wildman–Crippen LogP) is 5.73. The van der Waals surface area contributed by atoms with Crippen molar-refractivity contribution in [3.8, 4) is 0 Å². The fraction of sp³-hybridized carbons (Fsp3) is 0.0769. The highest BCUT2D eigenvalue weighted by Crippen LogP contribution is 2.35. The lowest BCUT2D eigenvalue weighted by Crippen LogP contribution is -1.94. The summed E-state index contributed by atoms with van der Waals surface area (Å²) in [5.41, 5.74) is 1.93. The quantitative estimate of drug-likeness (QED) is 0.586. The molecule has 0 fully saturated rings. The second-order valence-corrected chi connectivity index (χ2v) is 5.82. The topological polar surface area (TPSA) is 0 Å². The maximum atomic E-state index is 13.0. The zero-order chi connectivity index (χ0) is 12.4. The van der Waals surface area contributed by atoms with Crippen LogP contribution in [-0.4, -0.2) is 0 Å². The van der Waals surface area contributed by atoms with Crippen molar-refractivity contribution in [2.45, 2.75) is 4.83 Å². The highest BCUT2D eigenvalue weighted by molar-refractivity contribution is 9.10. The molecule has 2 rings (SSSR count). The minimum Gasteiger partial charge on any atom is -0.207 e. The number of benzene rings is 2. The third-order valence-corrected chi connectivity index (χ3v) is 4.28. The zero-order valence-electron chi connectivity index (χ0n) is 8.63. The van der Waals surface area contributed by atoms with Gasteiger partial charge in [-0.3, -0.25) is 0 Å². The smallest absolute Gasteiger partial charge is 0.124 e. The summed E-state index contributed by atoms with van der Waals surface area (Å²) in [5.74, 6) is -0.325. The van der Waals surface area contributed by atoms with E-state index in [-0.39, 0.29) is 10.6 Å². The van der Waals surface area contributed by atoms with E-state index in [9.17, 15) is 4.39 Å². The van der Waals surface area contributed by atoms with E-state index in [4.69, 9.17) is 11.6 Å². The van der Waals surface area contributed by atoms with Crippen LogP contribution in [-0.2, 0) is 0 Å². The van der Waals surface area contributed by atoms with Gasteiger partial charge in [-0.25, -0.2) is 4.39 Å². The van der Waals surface area contributed by atoms with Crippen molar-refractivity contribution >= 4 is 43.5 Å². The van der Waals surface area contributed by atoms with Gasteiger partial charge < -0.3 is 0 Å². The van der Waals surface area contributed by atoms with Gasteiger partial charge in [0.15, 0.2) is 0 Å². The predicted molar refractivity (Wildman–Crippen MR) is 76.3 cm³/mol. The van der Waals surface area contributed by atoms with Crippen LogP contribution in [0.1, 0.15) is 16.0 Å². The highest BCUT2D eigenvalue weighted by Gasteiger charge is 2.14. The summed E-state index contributed by atoms with van der Waals surface area (Å²) in [5, 5.41) is 0.426. The van der Waals surface area contributed by atoms with Crippen molar-refractivity contribution in [2.24, 2.45) is 0 Å². The Morgan fingerprint density at radius 3 is 2.29 bits per heavy atom. The molecule has 0 aliphatic heterocycles. The van der Waals surface area contributed by atoms with Gasteiger partial charge in [0.05, 0.1) is 4.83 Å². The van der Waals surface area contributed by atoms with E-state index in [2.05, 4.69) is 31.9 Å². The Morgan fingerprint density at radius 2 is 1.71 bits per heavy atom. The molecule has 0 aromatic heterocycles. The molecule has 0 nitrogen and oxygen atoms in total. The van der Waals surface area contributed by atoms with Crippen LogP contribution in [0.25, 0.3) is 0 Å². The van der Waals surface area contributed by atoms with Crippen molar-refractivity contribution in [2.75, 3.05) is 0 Å². The number of hydrogen-bond donors (Lipinski definition) is 0. The molecule has 0 bridgehead atoms. The van der Waals surface area contributed by atoms with Gasteiger partial charge in [0.25, 0.3) is 0 Å². The largest absolute Gasteiger partial charge is 0.207 e. The normalized spacial score (nSPS) is 12.5. The van der Waals surface area contributed by atoms with E-state index in [0.717, 1.165) is 15.6 Å². The second kappa shape index (κ2) is 5.51. The number of alkyl halides is 1. The first-order chi connectivity index (χ1) is 8.08. The Balaban J connectivity index is 2.36. The number of halogens is 4. The summed E-state index contributed by atoms with van der Waals surface area (Å²) in [7, 11) is 0. The minimum absolute atomic E-state index is 0.0382. The van der Waals surface area contributed by atoms with Crippen LogP contribution in [0, 0.1) is 5.82 Å². The fourth-order valence-electron chi connectivity index (χ4n) is 1.52. The lowest BCUT2D eigenvalue weighted by Gasteiger charge is -2.12. The van der Waals surface area contributed by atoms with E-state index < -0.39 is 0 Å². The van der Waals surface area contributed by atoms with Gasteiger partial charge in [-0.1, -0.05) is 61.7 Å². The first-order valence-corrected chi connectivity index (χ1v) is 7.01. The van der Waals surface area contributed by atoms with Crippen LogP contribution in [0.3, 0.4) is 0 Å². The number of hydrogen-bond acceptors (Lipinski definition) is 0. The molecule has 1 atom stereocenters. The molecule has 0 saturated heterocycles. The van der Waals surface area contributed by atoms with E-state index >= 15 is 0 Å². The van der Waals surface area contributed by atoms with Crippen molar-refractivity contribution in [3.05, 3.63) is 68.9 Å². The van der Waals surface area contributed by atoms with Crippen LogP contribution in [0.4, 0.5) is 4.39 Å². The second-order valence-electron chi connectivity index (χ2n) is 3.58. The molecule has 0 heterocycles. The van der Waals surface area contributed by atoms with Gasteiger partial charge in [0, 0.05) is 9.50 Å². The molecule has 0 N–H and O–H groups in total. The lowest BCUT2D eigenvalue weighted by molar-refractivity contribution is 0.627. The Morgan fingerprint density at radius 1 is 1.06 bits per heavy atom. The molecule has 17 heavy (non-hydrogen) atoms. The van der Waals surface area contributed by atoms with Gasteiger partial charge in [0.1, 0.15) is 5.82 Å². The van der Waals surface area contributed by atoms with Gasteiger partial charge in [0.2, 0.25) is 0 Å². The SMILES string of the molecule is Fc1ccc(C(Br)c2ccc(Br)cc2)c(Cl)c1. The summed E-state index contributed by atoms with van der Waals surface area (Å²) < 4.78 is 14.0. The first-order valence-electron chi connectivity index (χ1n) is 4.92. The molecule has 88 valence electrons. The van der Waals surface area contributed by atoms with Crippen LogP contribution in [0.15, 0.2) is 46.9 Å². The molecule has 2 aromatic rings. The Bertz CT molecular complexity index is 525.